The van der Waals surface area contributed by atoms with Gasteiger partial charge in [0.05, 0.1) is 12.3 Å². The standard InChI is InChI=1S/C15H19N3O2/c1-11-4-5-15(14(10-11)12(2)17-19)20-9-7-13-6-8-16-18(13)3/h4-6,8,10,19H,7,9H2,1-3H3/b17-12-. The van der Waals surface area contributed by atoms with Gasteiger partial charge in [0.15, 0.2) is 0 Å². The number of hydrogen-bond acceptors (Lipinski definition) is 4. The molecule has 0 aliphatic heterocycles. The van der Waals surface area contributed by atoms with E-state index in [2.05, 4.69) is 10.3 Å². The molecule has 106 valence electrons. The summed E-state index contributed by atoms with van der Waals surface area (Å²) in [5.41, 5.74) is 3.58. The van der Waals surface area contributed by atoms with Crippen LogP contribution in [0, 0.1) is 6.92 Å². The van der Waals surface area contributed by atoms with E-state index in [1.165, 1.54) is 0 Å². The van der Waals surface area contributed by atoms with Crippen molar-refractivity contribution in [2.75, 3.05) is 6.61 Å². The molecule has 0 amide bonds. The molecular formula is C15H19N3O2. The van der Waals surface area contributed by atoms with Crippen LogP contribution in [0.25, 0.3) is 0 Å². The number of aryl methyl sites for hydroxylation is 2. The molecular weight excluding hydrogens is 254 g/mol. The third kappa shape index (κ3) is 3.17. The minimum Gasteiger partial charge on any atom is -0.492 e. The Morgan fingerprint density at radius 3 is 2.85 bits per heavy atom. The molecule has 5 heteroatoms. The summed E-state index contributed by atoms with van der Waals surface area (Å²) >= 11 is 0. The first-order chi connectivity index (χ1) is 9.61. The van der Waals surface area contributed by atoms with Gasteiger partial charge in [0.25, 0.3) is 0 Å². The third-order valence-electron chi connectivity index (χ3n) is 3.21. The van der Waals surface area contributed by atoms with E-state index in [-0.39, 0.29) is 0 Å². The fourth-order valence-electron chi connectivity index (χ4n) is 2.02. The summed E-state index contributed by atoms with van der Waals surface area (Å²) in [6.45, 7) is 4.30. The summed E-state index contributed by atoms with van der Waals surface area (Å²) in [6.07, 6.45) is 2.55. The normalized spacial score (nSPS) is 11.7. The molecule has 0 unspecified atom stereocenters. The number of aromatic nitrogens is 2. The summed E-state index contributed by atoms with van der Waals surface area (Å²) in [5.74, 6) is 0.730. The fraction of sp³-hybridized carbons (Fsp3) is 0.333. The second-order valence-corrected chi connectivity index (χ2v) is 4.73. The molecule has 0 saturated heterocycles. The van der Waals surface area contributed by atoms with Crippen molar-refractivity contribution in [1.29, 1.82) is 0 Å². The lowest BCUT2D eigenvalue weighted by atomic mass is 10.1. The average Bonchev–Trinajstić information content (AvgIpc) is 2.85. The van der Waals surface area contributed by atoms with Gasteiger partial charge in [0, 0.05) is 30.9 Å². The van der Waals surface area contributed by atoms with Gasteiger partial charge in [-0.3, -0.25) is 4.68 Å². The number of oxime groups is 1. The highest BCUT2D eigenvalue weighted by Gasteiger charge is 2.08. The topological polar surface area (TPSA) is 59.6 Å². The molecule has 0 bridgehead atoms. The Labute approximate surface area is 118 Å². The second-order valence-electron chi connectivity index (χ2n) is 4.73. The number of benzene rings is 1. The largest absolute Gasteiger partial charge is 0.492 e. The summed E-state index contributed by atoms with van der Waals surface area (Å²) in [7, 11) is 1.91. The molecule has 5 nitrogen and oxygen atoms in total. The van der Waals surface area contributed by atoms with Crippen LogP contribution < -0.4 is 4.74 Å². The predicted molar refractivity (Wildman–Crippen MR) is 77.6 cm³/mol. The molecule has 0 fully saturated rings. The Bertz CT molecular complexity index is 617. The molecule has 0 radical (unpaired) electrons. The van der Waals surface area contributed by atoms with Crippen LogP contribution in [0.3, 0.4) is 0 Å². The van der Waals surface area contributed by atoms with Crippen molar-refractivity contribution in [2.24, 2.45) is 12.2 Å². The Kier molecular flexibility index (Phi) is 4.40. The SMILES string of the molecule is C/C(=N/O)c1cc(C)ccc1OCCc1ccnn1C. The fourth-order valence-corrected chi connectivity index (χ4v) is 2.02. The van der Waals surface area contributed by atoms with Gasteiger partial charge < -0.3 is 9.94 Å². The lowest BCUT2D eigenvalue weighted by Gasteiger charge is -2.11. The molecule has 20 heavy (non-hydrogen) atoms. The maximum atomic E-state index is 8.94. The van der Waals surface area contributed by atoms with E-state index in [1.54, 1.807) is 13.1 Å². The van der Waals surface area contributed by atoms with E-state index in [4.69, 9.17) is 9.94 Å². The highest BCUT2D eigenvalue weighted by molar-refractivity contribution is 6.00. The lowest BCUT2D eigenvalue weighted by Crippen LogP contribution is -2.08. The van der Waals surface area contributed by atoms with E-state index in [9.17, 15) is 0 Å². The van der Waals surface area contributed by atoms with Crippen molar-refractivity contribution >= 4 is 5.71 Å². The van der Waals surface area contributed by atoms with Crippen molar-refractivity contribution in [2.45, 2.75) is 20.3 Å². The Morgan fingerprint density at radius 1 is 1.40 bits per heavy atom. The number of nitrogens with zero attached hydrogens (tertiary/aromatic N) is 3. The molecule has 1 aromatic heterocycles. The Balaban J connectivity index is 2.08. The van der Waals surface area contributed by atoms with Crippen LogP contribution in [-0.2, 0) is 13.5 Å². The molecule has 0 saturated carbocycles. The summed E-state index contributed by atoms with van der Waals surface area (Å²) in [4.78, 5) is 0. The second kappa shape index (κ2) is 6.23. The van der Waals surface area contributed by atoms with Crippen molar-refractivity contribution in [3.8, 4) is 5.75 Å². The van der Waals surface area contributed by atoms with Gasteiger partial charge in [-0.05, 0) is 32.0 Å². The smallest absolute Gasteiger partial charge is 0.128 e. The minimum atomic E-state index is 0.546. The lowest BCUT2D eigenvalue weighted by molar-refractivity contribution is 0.312. The number of rotatable bonds is 5. The van der Waals surface area contributed by atoms with Crippen LogP contribution in [0.4, 0.5) is 0 Å². The summed E-state index contributed by atoms with van der Waals surface area (Å²) < 4.78 is 7.64. The zero-order valence-corrected chi connectivity index (χ0v) is 12.0. The van der Waals surface area contributed by atoms with Gasteiger partial charge in [-0.25, -0.2) is 0 Å². The summed E-state index contributed by atoms with van der Waals surface area (Å²) in [5, 5.41) is 16.3. The van der Waals surface area contributed by atoms with Crippen molar-refractivity contribution in [3.63, 3.8) is 0 Å². The van der Waals surface area contributed by atoms with Crippen molar-refractivity contribution in [3.05, 3.63) is 47.3 Å². The molecule has 2 rings (SSSR count). The molecule has 0 aliphatic rings. The van der Waals surface area contributed by atoms with Crippen LogP contribution in [0.5, 0.6) is 5.75 Å². The number of ether oxygens (including phenoxy) is 1. The van der Waals surface area contributed by atoms with Crippen LogP contribution >= 0.6 is 0 Å². The monoisotopic (exact) mass is 273 g/mol. The number of hydrogen-bond donors (Lipinski definition) is 1. The van der Waals surface area contributed by atoms with Gasteiger partial charge in [-0.2, -0.15) is 5.10 Å². The van der Waals surface area contributed by atoms with Crippen molar-refractivity contribution in [1.82, 2.24) is 9.78 Å². The molecule has 2 aromatic rings. The first-order valence-corrected chi connectivity index (χ1v) is 6.51. The third-order valence-corrected chi connectivity index (χ3v) is 3.21. The molecule has 0 atom stereocenters. The first-order valence-electron chi connectivity index (χ1n) is 6.51. The van der Waals surface area contributed by atoms with E-state index in [1.807, 2.05) is 42.9 Å². The maximum absolute atomic E-state index is 8.94. The van der Waals surface area contributed by atoms with Gasteiger partial charge in [-0.1, -0.05) is 16.8 Å². The van der Waals surface area contributed by atoms with Crippen molar-refractivity contribution < 1.29 is 9.94 Å². The molecule has 1 N–H and O–H groups in total. The average molecular weight is 273 g/mol. The van der Waals surface area contributed by atoms with E-state index in [0.29, 0.717) is 12.3 Å². The van der Waals surface area contributed by atoms with E-state index >= 15 is 0 Å². The van der Waals surface area contributed by atoms with Crippen LogP contribution in [0.2, 0.25) is 0 Å². The van der Waals surface area contributed by atoms with Crippen LogP contribution in [0.1, 0.15) is 23.7 Å². The zero-order valence-electron chi connectivity index (χ0n) is 12.0. The molecule has 0 spiro atoms. The van der Waals surface area contributed by atoms with E-state index in [0.717, 1.165) is 29.0 Å². The first kappa shape index (κ1) is 14.1. The van der Waals surface area contributed by atoms with Gasteiger partial charge in [0.1, 0.15) is 5.75 Å². The van der Waals surface area contributed by atoms with Gasteiger partial charge in [-0.15, -0.1) is 0 Å². The quantitative estimate of drug-likeness (QED) is 0.517. The highest BCUT2D eigenvalue weighted by atomic mass is 16.5. The van der Waals surface area contributed by atoms with Crippen LogP contribution in [0.15, 0.2) is 35.6 Å². The predicted octanol–water partition coefficient (Wildman–Crippen LogP) is 2.55. The van der Waals surface area contributed by atoms with Gasteiger partial charge >= 0.3 is 0 Å². The molecule has 1 heterocycles. The molecule has 0 aliphatic carbocycles. The van der Waals surface area contributed by atoms with Gasteiger partial charge in [0.2, 0.25) is 0 Å². The van der Waals surface area contributed by atoms with E-state index < -0.39 is 0 Å². The summed E-state index contributed by atoms with van der Waals surface area (Å²) in [6, 6.07) is 7.81. The van der Waals surface area contributed by atoms with Crippen LogP contribution in [-0.4, -0.2) is 27.3 Å². The maximum Gasteiger partial charge on any atom is 0.128 e. The Hall–Kier alpha value is -2.30. The highest BCUT2D eigenvalue weighted by Crippen LogP contribution is 2.21. The molecule has 1 aromatic carbocycles. The minimum absolute atomic E-state index is 0.546. The zero-order chi connectivity index (χ0) is 14.5. The Morgan fingerprint density at radius 2 is 2.20 bits per heavy atom.